The van der Waals surface area contributed by atoms with Gasteiger partial charge >= 0.3 is 5.97 Å². The Morgan fingerprint density at radius 3 is 2.00 bits per heavy atom. The molecule has 0 aliphatic heterocycles. The highest BCUT2D eigenvalue weighted by Gasteiger charge is 2.27. The Labute approximate surface area is 160 Å². The van der Waals surface area contributed by atoms with E-state index in [4.69, 9.17) is 0 Å². The number of aromatic hydroxyl groups is 1. The van der Waals surface area contributed by atoms with E-state index in [1.165, 1.54) is 12.1 Å². The van der Waals surface area contributed by atoms with Crippen LogP contribution < -0.4 is 10.6 Å². The molecule has 0 radical (unpaired) electrons. The summed E-state index contributed by atoms with van der Waals surface area (Å²) in [6.07, 6.45) is 0.768. The second-order valence-electron chi connectivity index (χ2n) is 7.62. The van der Waals surface area contributed by atoms with Gasteiger partial charge in [0.05, 0.1) is 0 Å². The first-order valence-electron chi connectivity index (χ1n) is 9.19. The van der Waals surface area contributed by atoms with E-state index in [2.05, 4.69) is 10.6 Å². The number of phenols is 1. The number of aliphatic carboxylic acids is 1. The van der Waals surface area contributed by atoms with Crippen molar-refractivity contribution in [1.29, 1.82) is 0 Å². The van der Waals surface area contributed by atoms with Crippen molar-refractivity contribution in [3.8, 4) is 5.75 Å². The third kappa shape index (κ3) is 8.57. The lowest BCUT2D eigenvalue weighted by Gasteiger charge is -2.23. The summed E-state index contributed by atoms with van der Waals surface area (Å²) in [7, 11) is 0. The Morgan fingerprint density at radius 2 is 1.52 bits per heavy atom. The zero-order chi connectivity index (χ0) is 20.6. The number of hydrogen-bond acceptors (Lipinski definition) is 4. The van der Waals surface area contributed by atoms with Crippen molar-refractivity contribution < 1.29 is 24.6 Å². The van der Waals surface area contributed by atoms with Gasteiger partial charge in [-0.3, -0.25) is 9.59 Å². The van der Waals surface area contributed by atoms with E-state index >= 15 is 0 Å². The fourth-order valence-electron chi connectivity index (χ4n) is 2.67. The minimum absolute atomic E-state index is 0.0949. The monoisotopic (exact) mass is 378 g/mol. The van der Waals surface area contributed by atoms with E-state index in [0.29, 0.717) is 6.42 Å². The molecule has 7 heteroatoms. The van der Waals surface area contributed by atoms with Crippen LogP contribution in [0.4, 0.5) is 0 Å². The molecular weight excluding hydrogens is 348 g/mol. The number of phenolic OH excluding ortho intramolecular Hbond substituents is 1. The third-order valence-corrected chi connectivity index (χ3v) is 3.94. The minimum Gasteiger partial charge on any atom is -0.508 e. The lowest BCUT2D eigenvalue weighted by molar-refractivity contribution is -0.142. The molecule has 1 rings (SSSR count). The minimum atomic E-state index is -1.10. The molecule has 150 valence electrons. The fourth-order valence-corrected chi connectivity index (χ4v) is 2.67. The Bertz CT molecular complexity index is 640. The van der Waals surface area contributed by atoms with Crippen molar-refractivity contribution in [2.45, 2.75) is 59.0 Å². The van der Waals surface area contributed by atoms with Gasteiger partial charge in [-0.25, -0.2) is 4.79 Å². The lowest BCUT2D eigenvalue weighted by Crippen LogP contribution is -2.52. The second kappa shape index (κ2) is 10.5. The highest BCUT2D eigenvalue weighted by atomic mass is 16.4. The summed E-state index contributed by atoms with van der Waals surface area (Å²) < 4.78 is 0. The van der Waals surface area contributed by atoms with Crippen molar-refractivity contribution in [1.82, 2.24) is 10.6 Å². The van der Waals surface area contributed by atoms with Gasteiger partial charge in [-0.05, 0) is 36.0 Å². The number of carbonyl (C=O) groups excluding carboxylic acids is 2. The zero-order valence-electron chi connectivity index (χ0n) is 16.4. The lowest BCUT2D eigenvalue weighted by atomic mass is 10.0. The van der Waals surface area contributed by atoms with Gasteiger partial charge in [0.1, 0.15) is 17.8 Å². The third-order valence-electron chi connectivity index (χ3n) is 3.94. The topological polar surface area (TPSA) is 116 Å². The van der Waals surface area contributed by atoms with Gasteiger partial charge in [0.2, 0.25) is 11.8 Å². The molecule has 0 saturated carbocycles. The average molecular weight is 378 g/mol. The van der Waals surface area contributed by atoms with Crippen molar-refractivity contribution >= 4 is 17.8 Å². The SMILES string of the molecule is CC(C)CC(=O)NC(Cc1ccc(O)cc1)C(=O)NC(CC(C)C)C(=O)O. The molecule has 0 spiro atoms. The van der Waals surface area contributed by atoms with Crippen LogP contribution in [0, 0.1) is 11.8 Å². The van der Waals surface area contributed by atoms with Crippen molar-refractivity contribution in [2.75, 3.05) is 0 Å². The van der Waals surface area contributed by atoms with Crippen molar-refractivity contribution in [2.24, 2.45) is 11.8 Å². The first kappa shape index (κ1) is 22.5. The summed E-state index contributed by atoms with van der Waals surface area (Å²) in [5, 5.41) is 24.0. The molecule has 1 aromatic carbocycles. The molecular formula is C20H30N2O5. The number of rotatable bonds is 10. The molecule has 0 aromatic heterocycles. The van der Waals surface area contributed by atoms with Crippen LogP contribution in [-0.4, -0.2) is 40.1 Å². The van der Waals surface area contributed by atoms with Gasteiger partial charge in [0.15, 0.2) is 0 Å². The highest BCUT2D eigenvalue weighted by Crippen LogP contribution is 2.13. The molecule has 1 aromatic rings. The van der Waals surface area contributed by atoms with Crippen LogP contribution in [0.25, 0.3) is 0 Å². The Morgan fingerprint density at radius 1 is 0.926 bits per heavy atom. The van der Waals surface area contributed by atoms with Crippen LogP contribution in [-0.2, 0) is 20.8 Å². The standard InChI is InChI=1S/C20H30N2O5/c1-12(2)9-17(20(26)27)22-19(25)16(21-18(24)10-13(3)4)11-14-5-7-15(23)8-6-14/h5-8,12-13,16-17,23H,9-11H2,1-4H3,(H,21,24)(H,22,25)(H,26,27). The molecule has 0 bridgehead atoms. The molecule has 0 aliphatic rings. The smallest absolute Gasteiger partial charge is 0.326 e. The number of carbonyl (C=O) groups is 3. The van der Waals surface area contributed by atoms with Crippen molar-refractivity contribution in [3.63, 3.8) is 0 Å². The molecule has 0 heterocycles. The van der Waals surface area contributed by atoms with E-state index in [1.54, 1.807) is 12.1 Å². The van der Waals surface area contributed by atoms with E-state index in [1.807, 2.05) is 27.7 Å². The predicted molar refractivity (Wildman–Crippen MR) is 102 cm³/mol. The molecule has 0 aliphatic carbocycles. The Kier molecular flexibility index (Phi) is 8.78. The molecule has 27 heavy (non-hydrogen) atoms. The first-order chi connectivity index (χ1) is 12.6. The number of carboxylic acids is 1. The molecule has 0 saturated heterocycles. The Hall–Kier alpha value is -2.57. The van der Waals surface area contributed by atoms with Crippen LogP contribution in [0.2, 0.25) is 0 Å². The molecule has 2 unspecified atom stereocenters. The number of hydrogen-bond donors (Lipinski definition) is 4. The van der Waals surface area contributed by atoms with Crippen LogP contribution in [0.5, 0.6) is 5.75 Å². The summed E-state index contributed by atoms with van der Waals surface area (Å²) in [4.78, 5) is 36.3. The summed E-state index contributed by atoms with van der Waals surface area (Å²) in [5.74, 6) is -1.57. The maximum absolute atomic E-state index is 12.7. The molecule has 2 atom stereocenters. The van der Waals surface area contributed by atoms with Crippen LogP contribution >= 0.6 is 0 Å². The van der Waals surface area contributed by atoms with E-state index in [9.17, 15) is 24.6 Å². The maximum Gasteiger partial charge on any atom is 0.326 e. The maximum atomic E-state index is 12.7. The van der Waals surface area contributed by atoms with Gasteiger partial charge in [-0.15, -0.1) is 0 Å². The molecule has 7 nitrogen and oxygen atoms in total. The number of benzene rings is 1. The van der Waals surface area contributed by atoms with Gasteiger partial charge in [-0.2, -0.15) is 0 Å². The van der Waals surface area contributed by atoms with Crippen molar-refractivity contribution in [3.05, 3.63) is 29.8 Å². The summed E-state index contributed by atoms with van der Waals surface area (Å²) in [6, 6.07) is 4.41. The molecule has 2 amide bonds. The predicted octanol–water partition coefficient (Wildman–Crippen LogP) is 2.08. The average Bonchev–Trinajstić information content (AvgIpc) is 2.54. The van der Waals surface area contributed by atoms with Gasteiger partial charge in [0.25, 0.3) is 0 Å². The second-order valence-corrected chi connectivity index (χ2v) is 7.62. The van der Waals surface area contributed by atoms with Crippen LogP contribution in [0.15, 0.2) is 24.3 Å². The molecule has 0 fully saturated rings. The number of amides is 2. The summed E-state index contributed by atoms with van der Waals surface area (Å²) in [5.41, 5.74) is 0.744. The van der Waals surface area contributed by atoms with Crippen LogP contribution in [0.3, 0.4) is 0 Å². The van der Waals surface area contributed by atoms with Gasteiger partial charge in [-0.1, -0.05) is 39.8 Å². The van der Waals surface area contributed by atoms with Gasteiger partial charge in [0, 0.05) is 12.8 Å². The first-order valence-corrected chi connectivity index (χ1v) is 9.19. The largest absolute Gasteiger partial charge is 0.508 e. The normalized spacial score (nSPS) is 13.3. The number of nitrogens with one attached hydrogen (secondary N) is 2. The quantitative estimate of drug-likeness (QED) is 0.497. The van der Waals surface area contributed by atoms with Crippen LogP contribution in [0.1, 0.15) is 46.1 Å². The van der Waals surface area contributed by atoms with Gasteiger partial charge < -0.3 is 20.8 Å². The van der Waals surface area contributed by atoms with E-state index in [0.717, 1.165) is 5.56 Å². The van der Waals surface area contributed by atoms with E-state index in [-0.39, 0.29) is 36.3 Å². The Balaban J connectivity index is 2.92. The van der Waals surface area contributed by atoms with E-state index < -0.39 is 24.0 Å². The highest BCUT2D eigenvalue weighted by molar-refractivity contribution is 5.90. The number of carboxylic acid groups (broad SMARTS) is 1. The fraction of sp³-hybridized carbons (Fsp3) is 0.550. The molecule has 4 N–H and O–H groups in total. The zero-order valence-corrected chi connectivity index (χ0v) is 16.4. The summed E-state index contributed by atoms with van der Waals surface area (Å²) in [6.45, 7) is 7.55. The summed E-state index contributed by atoms with van der Waals surface area (Å²) >= 11 is 0.